The third-order valence-corrected chi connectivity index (χ3v) is 1.21. The number of rotatable bonds is 4. The first-order valence-corrected chi connectivity index (χ1v) is 3.48. The lowest BCUT2D eigenvalue weighted by Crippen LogP contribution is -2.12. The maximum atomic E-state index is 10.4. The Bertz CT molecular complexity index is 175. The second-order valence-electron chi connectivity index (χ2n) is 1.93. The third kappa shape index (κ3) is 2.93. The predicted molar refractivity (Wildman–Crippen MR) is 40.8 cm³/mol. The highest BCUT2D eigenvalue weighted by Gasteiger charge is 2.10. The Balaban J connectivity index is 4.40. The lowest BCUT2D eigenvalue weighted by molar-refractivity contribution is -0.133. The summed E-state index contributed by atoms with van der Waals surface area (Å²) in [4.78, 5) is 10.4. The summed E-state index contributed by atoms with van der Waals surface area (Å²) < 4.78 is 4.83. The van der Waals surface area contributed by atoms with Gasteiger partial charge in [0.05, 0.1) is 12.2 Å². The predicted octanol–water partition coefficient (Wildman–Crippen LogP) is 0.688. The van der Waals surface area contributed by atoms with Crippen LogP contribution in [0.15, 0.2) is 11.5 Å². The van der Waals surface area contributed by atoms with Crippen molar-refractivity contribution >= 4 is 5.97 Å². The van der Waals surface area contributed by atoms with Gasteiger partial charge in [-0.15, -0.1) is 0 Å². The zero-order chi connectivity index (χ0) is 8.85. The molecule has 0 saturated carbocycles. The summed E-state index contributed by atoms with van der Waals surface area (Å²) in [5.41, 5.74) is 5.45. The molecule has 0 atom stereocenters. The first kappa shape index (κ1) is 9.81. The van der Waals surface area contributed by atoms with Gasteiger partial charge in [-0.05, 0) is 13.3 Å². The van der Waals surface area contributed by atoms with Gasteiger partial charge in [-0.1, -0.05) is 6.92 Å². The number of aliphatic carboxylic acids is 1. The number of hydrogen-bond donors (Lipinski definition) is 2. The molecule has 0 aliphatic heterocycles. The van der Waals surface area contributed by atoms with Crippen molar-refractivity contribution in [2.75, 3.05) is 6.61 Å². The summed E-state index contributed by atoms with van der Waals surface area (Å²) in [6.45, 7) is 3.86. The van der Waals surface area contributed by atoms with Gasteiger partial charge in [0.15, 0.2) is 5.88 Å². The van der Waals surface area contributed by atoms with Gasteiger partial charge in [-0.25, -0.2) is 4.79 Å². The molecule has 11 heavy (non-hydrogen) atoms. The molecule has 0 aliphatic carbocycles. The van der Waals surface area contributed by atoms with Crippen LogP contribution in [0, 0.1) is 0 Å². The highest BCUT2D eigenvalue weighted by molar-refractivity contribution is 5.86. The Hall–Kier alpha value is -1.19. The van der Waals surface area contributed by atoms with Crippen LogP contribution in [-0.4, -0.2) is 17.7 Å². The number of hydrogen-bond acceptors (Lipinski definition) is 3. The molecule has 0 heterocycles. The molecule has 0 aromatic rings. The van der Waals surface area contributed by atoms with Crippen molar-refractivity contribution < 1.29 is 14.6 Å². The third-order valence-electron chi connectivity index (χ3n) is 1.21. The van der Waals surface area contributed by atoms with E-state index < -0.39 is 5.97 Å². The molecule has 0 bridgehead atoms. The van der Waals surface area contributed by atoms with Crippen LogP contribution in [-0.2, 0) is 9.53 Å². The second kappa shape index (κ2) is 4.60. The van der Waals surface area contributed by atoms with Crippen molar-refractivity contribution in [1.29, 1.82) is 0 Å². The number of carboxylic acids is 1. The van der Waals surface area contributed by atoms with Gasteiger partial charge in [0.2, 0.25) is 0 Å². The molecule has 0 saturated heterocycles. The summed E-state index contributed by atoms with van der Waals surface area (Å²) in [6.07, 6.45) is 0.376. The molecule has 0 aliphatic rings. The van der Waals surface area contributed by atoms with Crippen LogP contribution in [0.3, 0.4) is 0 Å². The molecule has 0 aromatic heterocycles. The molecular formula is C7H13NO3. The van der Waals surface area contributed by atoms with E-state index in [0.29, 0.717) is 13.0 Å². The number of nitrogens with two attached hydrogens (primary N) is 1. The van der Waals surface area contributed by atoms with E-state index in [4.69, 9.17) is 15.6 Å². The minimum absolute atomic E-state index is 0.0162. The lowest BCUT2D eigenvalue weighted by Gasteiger charge is -2.05. The maximum Gasteiger partial charge on any atom is 0.336 e. The van der Waals surface area contributed by atoms with Gasteiger partial charge < -0.3 is 15.6 Å². The molecule has 64 valence electrons. The molecule has 0 amide bonds. The Morgan fingerprint density at radius 3 is 2.36 bits per heavy atom. The van der Waals surface area contributed by atoms with Crippen LogP contribution in [0.5, 0.6) is 0 Å². The first-order chi connectivity index (χ1) is 5.13. The SMILES string of the molecule is CCOC(N)=C(CC)C(=O)O. The smallest absolute Gasteiger partial charge is 0.336 e. The van der Waals surface area contributed by atoms with E-state index in [-0.39, 0.29) is 11.5 Å². The van der Waals surface area contributed by atoms with Crippen LogP contribution in [0.4, 0.5) is 0 Å². The Morgan fingerprint density at radius 2 is 2.09 bits per heavy atom. The molecule has 0 spiro atoms. The first-order valence-electron chi connectivity index (χ1n) is 3.48. The summed E-state index contributed by atoms with van der Waals surface area (Å²) >= 11 is 0. The lowest BCUT2D eigenvalue weighted by atomic mass is 10.2. The van der Waals surface area contributed by atoms with Crippen molar-refractivity contribution in [2.24, 2.45) is 5.73 Å². The number of carbonyl (C=O) groups is 1. The zero-order valence-corrected chi connectivity index (χ0v) is 6.76. The van der Waals surface area contributed by atoms with Crippen molar-refractivity contribution in [2.45, 2.75) is 20.3 Å². The van der Waals surface area contributed by atoms with E-state index in [2.05, 4.69) is 0 Å². The minimum atomic E-state index is -1.02. The Labute approximate surface area is 65.6 Å². The largest absolute Gasteiger partial charge is 0.479 e. The summed E-state index contributed by atoms with van der Waals surface area (Å²) in [7, 11) is 0. The van der Waals surface area contributed by atoms with Crippen molar-refractivity contribution in [3.8, 4) is 0 Å². The van der Waals surface area contributed by atoms with Crippen LogP contribution in [0.25, 0.3) is 0 Å². The van der Waals surface area contributed by atoms with Gasteiger partial charge in [0.1, 0.15) is 0 Å². The molecule has 0 rings (SSSR count). The topological polar surface area (TPSA) is 72.5 Å². The van der Waals surface area contributed by atoms with Gasteiger partial charge in [0.25, 0.3) is 0 Å². The average Bonchev–Trinajstić information content (AvgIpc) is 1.88. The molecule has 3 N–H and O–H groups in total. The maximum absolute atomic E-state index is 10.4. The minimum Gasteiger partial charge on any atom is -0.479 e. The van der Waals surface area contributed by atoms with Crippen LogP contribution in [0.2, 0.25) is 0 Å². The van der Waals surface area contributed by atoms with E-state index >= 15 is 0 Å². The van der Waals surface area contributed by atoms with E-state index in [1.165, 1.54) is 0 Å². The normalized spacial score (nSPS) is 12.2. The van der Waals surface area contributed by atoms with Gasteiger partial charge >= 0.3 is 5.97 Å². The van der Waals surface area contributed by atoms with Gasteiger partial charge in [0, 0.05) is 0 Å². The van der Waals surface area contributed by atoms with E-state index in [1.807, 2.05) is 0 Å². The van der Waals surface area contributed by atoms with Crippen molar-refractivity contribution in [3.63, 3.8) is 0 Å². The molecule has 0 aromatic carbocycles. The number of ether oxygens (including phenoxy) is 1. The molecule has 0 unspecified atom stereocenters. The highest BCUT2D eigenvalue weighted by Crippen LogP contribution is 2.05. The molecule has 0 fully saturated rings. The van der Waals surface area contributed by atoms with E-state index in [0.717, 1.165) is 0 Å². The molecule has 4 heteroatoms. The second-order valence-corrected chi connectivity index (χ2v) is 1.93. The molecule has 4 nitrogen and oxygen atoms in total. The van der Waals surface area contributed by atoms with Crippen molar-refractivity contribution in [1.82, 2.24) is 0 Å². The monoisotopic (exact) mass is 159 g/mol. The summed E-state index contributed by atoms with van der Waals surface area (Å²) in [5.74, 6) is -0.999. The van der Waals surface area contributed by atoms with Crippen molar-refractivity contribution in [3.05, 3.63) is 11.5 Å². The van der Waals surface area contributed by atoms with E-state index in [9.17, 15) is 4.79 Å². The highest BCUT2D eigenvalue weighted by atomic mass is 16.5. The van der Waals surface area contributed by atoms with Gasteiger partial charge in [-0.3, -0.25) is 0 Å². The molecule has 0 radical (unpaired) electrons. The summed E-state index contributed by atoms with van der Waals surface area (Å²) in [5, 5.41) is 8.55. The van der Waals surface area contributed by atoms with Crippen LogP contribution >= 0.6 is 0 Å². The Morgan fingerprint density at radius 1 is 1.55 bits per heavy atom. The fourth-order valence-corrected chi connectivity index (χ4v) is 0.673. The molecular weight excluding hydrogens is 146 g/mol. The summed E-state index contributed by atoms with van der Waals surface area (Å²) in [6, 6.07) is 0. The fourth-order valence-electron chi connectivity index (χ4n) is 0.673. The zero-order valence-electron chi connectivity index (χ0n) is 6.76. The number of carboxylic acid groups (broad SMARTS) is 1. The van der Waals surface area contributed by atoms with Crippen LogP contribution < -0.4 is 5.73 Å². The van der Waals surface area contributed by atoms with Crippen LogP contribution in [0.1, 0.15) is 20.3 Å². The average molecular weight is 159 g/mol. The fraction of sp³-hybridized carbons (Fsp3) is 0.571. The van der Waals surface area contributed by atoms with Gasteiger partial charge in [-0.2, -0.15) is 0 Å². The quantitative estimate of drug-likeness (QED) is 0.467. The van der Waals surface area contributed by atoms with E-state index in [1.54, 1.807) is 13.8 Å². The Kier molecular flexibility index (Phi) is 4.10. The standard InChI is InChI=1S/C7H13NO3/c1-3-5(7(9)10)6(8)11-4-2/h3-4,8H2,1-2H3,(H,9,10).